The van der Waals surface area contributed by atoms with Gasteiger partial charge in [-0.25, -0.2) is 0 Å². The van der Waals surface area contributed by atoms with Gasteiger partial charge in [0.2, 0.25) is 0 Å². The third-order valence-electron chi connectivity index (χ3n) is 2.23. The van der Waals surface area contributed by atoms with Crippen molar-refractivity contribution < 1.29 is 4.79 Å². The summed E-state index contributed by atoms with van der Waals surface area (Å²) in [5, 5.41) is 0.419. The van der Waals surface area contributed by atoms with Crippen molar-refractivity contribution in [1.82, 2.24) is 0 Å². The van der Waals surface area contributed by atoms with E-state index < -0.39 is 0 Å². The standard InChI is InChI=1S/C12H14ClNO/c1-3-8(2)6-12(15)9-4-5-11(14)10(13)7-9/h4-5,7H,2-3,6,14H2,1H3. The first-order valence-corrected chi connectivity index (χ1v) is 5.17. The molecule has 80 valence electrons. The Morgan fingerprint density at radius 1 is 1.53 bits per heavy atom. The molecule has 0 bridgehead atoms. The largest absolute Gasteiger partial charge is 0.398 e. The highest BCUT2D eigenvalue weighted by molar-refractivity contribution is 6.33. The van der Waals surface area contributed by atoms with Gasteiger partial charge in [-0.2, -0.15) is 0 Å². The molecule has 0 saturated heterocycles. The quantitative estimate of drug-likeness (QED) is 0.483. The van der Waals surface area contributed by atoms with Crippen LogP contribution in [0.15, 0.2) is 30.4 Å². The molecule has 1 rings (SSSR count). The third kappa shape index (κ3) is 3.10. The number of ketones is 1. The molecule has 1 aromatic rings. The predicted molar refractivity (Wildman–Crippen MR) is 64.2 cm³/mol. The maximum absolute atomic E-state index is 11.7. The van der Waals surface area contributed by atoms with E-state index in [0.29, 0.717) is 22.7 Å². The molecule has 1 aromatic carbocycles. The van der Waals surface area contributed by atoms with E-state index >= 15 is 0 Å². The molecule has 0 unspecified atom stereocenters. The zero-order valence-electron chi connectivity index (χ0n) is 8.72. The van der Waals surface area contributed by atoms with Crippen molar-refractivity contribution in [3.8, 4) is 0 Å². The van der Waals surface area contributed by atoms with E-state index in [0.717, 1.165) is 12.0 Å². The summed E-state index contributed by atoms with van der Waals surface area (Å²) < 4.78 is 0. The van der Waals surface area contributed by atoms with Crippen LogP contribution in [-0.2, 0) is 0 Å². The van der Waals surface area contributed by atoms with Crippen LogP contribution in [0.4, 0.5) is 5.69 Å². The van der Waals surface area contributed by atoms with Gasteiger partial charge in [0.1, 0.15) is 0 Å². The van der Waals surface area contributed by atoms with Gasteiger partial charge in [-0.3, -0.25) is 4.79 Å². The van der Waals surface area contributed by atoms with Crippen LogP contribution >= 0.6 is 11.6 Å². The van der Waals surface area contributed by atoms with Crippen LogP contribution < -0.4 is 5.73 Å². The van der Waals surface area contributed by atoms with E-state index in [9.17, 15) is 4.79 Å². The summed E-state index contributed by atoms with van der Waals surface area (Å²) in [6.45, 7) is 5.78. The average molecular weight is 224 g/mol. The van der Waals surface area contributed by atoms with Gasteiger partial charge < -0.3 is 5.73 Å². The summed E-state index contributed by atoms with van der Waals surface area (Å²) in [5.41, 5.74) is 7.55. The van der Waals surface area contributed by atoms with Crippen molar-refractivity contribution in [2.45, 2.75) is 19.8 Å². The van der Waals surface area contributed by atoms with Crippen LogP contribution in [0.1, 0.15) is 30.1 Å². The summed E-state index contributed by atoms with van der Waals surface area (Å²) >= 11 is 5.83. The number of benzene rings is 1. The molecule has 0 radical (unpaired) electrons. The van der Waals surface area contributed by atoms with E-state index in [1.807, 2.05) is 6.92 Å². The number of halogens is 1. The molecule has 0 aromatic heterocycles. The molecule has 0 heterocycles. The minimum atomic E-state index is 0.0313. The van der Waals surface area contributed by atoms with Crippen molar-refractivity contribution in [3.63, 3.8) is 0 Å². The Kier molecular flexibility index (Phi) is 3.92. The third-order valence-corrected chi connectivity index (χ3v) is 2.56. The van der Waals surface area contributed by atoms with Crippen LogP contribution in [0.2, 0.25) is 5.02 Å². The topological polar surface area (TPSA) is 43.1 Å². The number of carbonyl (C=O) groups excluding carboxylic acids is 1. The molecule has 15 heavy (non-hydrogen) atoms. The van der Waals surface area contributed by atoms with Crippen LogP contribution in [0, 0.1) is 0 Å². The molecule has 3 heteroatoms. The second kappa shape index (κ2) is 4.99. The summed E-state index contributed by atoms with van der Waals surface area (Å²) in [5.74, 6) is 0.0313. The molecular formula is C12H14ClNO. The smallest absolute Gasteiger partial charge is 0.166 e. The Balaban J connectivity index is 2.83. The number of rotatable bonds is 4. The summed E-state index contributed by atoms with van der Waals surface area (Å²) in [4.78, 5) is 11.7. The Bertz CT molecular complexity index is 399. The van der Waals surface area contributed by atoms with Gasteiger partial charge in [-0.05, 0) is 24.6 Å². The molecule has 0 aliphatic heterocycles. The first kappa shape index (κ1) is 11.8. The molecule has 0 spiro atoms. The van der Waals surface area contributed by atoms with Crippen molar-refractivity contribution in [1.29, 1.82) is 0 Å². The van der Waals surface area contributed by atoms with Gasteiger partial charge in [-0.1, -0.05) is 30.7 Å². The first-order chi connectivity index (χ1) is 7.04. The molecule has 0 aliphatic carbocycles. The van der Waals surface area contributed by atoms with Crippen molar-refractivity contribution in [2.24, 2.45) is 0 Å². The van der Waals surface area contributed by atoms with Crippen molar-refractivity contribution in [2.75, 3.05) is 5.73 Å². The number of Topliss-reactive ketones (excluding diaryl/α,β-unsaturated/α-hetero) is 1. The summed E-state index contributed by atoms with van der Waals surface area (Å²) in [6.07, 6.45) is 1.19. The van der Waals surface area contributed by atoms with E-state index in [-0.39, 0.29) is 5.78 Å². The van der Waals surface area contributed by atoms with Gasteiger partial charge in [0.15, 0.2) is 5.78 Å². The van der Waals surface area contributed by atoms with E-state index in [1.54, 1.807) is 18.2 Å². The highest BCUT2D eigenvalue weighted by atomic mass is 35.5. The molecule has 0 atom stereocenters. The average Bonchev–Trinajstić information content (AvgIpc) is 2.21. The number of hydrogen-bond acceptors (Lipinski definition) is 2. The Hall–Kier alpha value is -1.28. The van der Waals surface area contributed by atoms with Gasteiger partial charge in [0.05, 0.1) is 10.7 Å². The lowest BCUT2D eigenvalue weighted by atomic mass is 10.0. The molecule has 2 nitrogen and oxygen atoms in total. The molecule has 0 aliphatic rings. The zero-order valence-corrected chi connectivity index (χ0v) is 9.47. The normalized spacial score (nSPS) is 10.0. The first-order valence-electron chi connectivity index (χ1n) is 4.79. The molecule has 0 amide bonds. The molecule has 0 saturated carbocycles. The van der Waals surface area contributed by atoms with Gasteiger partial charge in [0, 0.05) is 12.0 Å². The fourth-order valence-corrected chi connectivity index (χ4v) is 1.34. The molecular weight excluding hydrogens is 210 g/mol. The van der Waals surface area contributed by atoms with E-state index in [4.69, 9.17) is 17.3 Å². The lowest BCUT2D eigenvalue weighted by Crippen LogP contribution is -2.01. The molecule has 2 N–H and O–H groups in total. The predicted octanol–water partition coefficient (Wildman–Crippen LogP) is 3.46. The molecule has 0 fully saturated rings. The second-order valence-electron chi connectivity index (χ2n) is 3.44. The minimum Gasteiger partial charge on any atom is -0.398 e. The minimum absolute atomic E-state index is 0.0313. The Morgan fingerprint density at radius 3 is 2.73 bits per heavy atom. The number of carbonyl (C=O) groups is 1. The number of allylic oxidation sites excluding steroid dienone is 1. The fourth-order valence-electron chi connectivity index (χ4n) is 1.15. The van der Waals surface area contributed by atoms with E-state index in [2.05, 4.69) is 6.58 Å². The van der Waals surface area contributed by atoms with Crippen LogP contribution in [0.25, 0.3) is 0 Å². The summed E-state index contributed by atoms with van der Waals surface area (Å²) in [7, 11) is 0. The van der Waals surface area contributed by atoms with E-state index in [1.165, 1.54) is 0 Å². The number of nitrogens with two attached hydrogens (primary N) is 1. The number of hydrogen-bond donors (Lipinski definition) is 1. The van der Waals surface area contributed by atoms with Crippen LogP contribution in [-0.4, -0.2) is 5.78 Å². The SMILES string of the molecule is C=C(CC)CC(=O)c1ccc(N)c(Cl)c1. The van der Waals surface area contributed by atoms with Gasteiger partial charge >= 0.3 is 0 Å². The number of nitrogen functional groups attached to an aromatic ring is 1. The van der Waals surface area contributed by atoms with Gasteiger partial charge in [-0.15, -0.1) is 0 Å². The Labute approximate surface area is 94.7 Å². The lowest BCUT2D eigenvalue weighted by molar-refractivity contribution is 0.0992. The Morgan fingerprint density at radius 2 is 2.20 bits per heavy atom. The van der Waals surface area contributed by atoms with Crippen LogP contribution in [0.3, 0.4) is 0 Å². The highest BCUT2D eigenvalue weighted by Gasteiger charge is 2.08. The second-order valence-corrected chi connectivity index (χ2v) is 3.85. The summed E-state index contributed by atoms with van der Waals surface area (Å²) in [6, 6.07) is 4.93. The lowest BCUT2D eigenvalue weighted by Gasteiger charge is -2.04. The van der Waals surface area contributed by atoms with Crippen molar-refractivity contribution >= 4 is 23.1 Å². The van der Waals surface area contributed by atoms with Gasteiger partial charge in [0.25, 0.3) is 0 Å². The van der Waals surface area contributed by atoms with Crippen LogP contribution in [0.5, 0.6) is 0 Å². The zero-order chi connectivity index (χ0) is 11.4. The highest BCUT2D eigenvalue weighted by Crippen LogP contribution is 2.21. The monoisotopic (exact) mass is 223 g/mol. The number of anilines is 1. The van der Waals surface area contributed by atoms with Crippen molar-refractivity contribution in [3.05, 3.63) is 40.9 Å². The maximum Gasteiger partial charge on any atom is 0.166 e. The fraction of sp³-hybridized carbons (Fsp3) is 0.250. The maximum atomic E-state index is 11.7.